The number of rotatable bonds is 5. The minimum absolute atomic E-state index is 0.423. The van der Waals surface area contributed by atoms with Gasteiger partial charge in [-0.2, -0.15) is 0 Å². The third-order valence-corrected chi connectivity index (χ3v) is 11.0. The molecule has 0 saturated heterocycles. The Bertz CT molecular complexity index is 2910. The summed E-state index contributed by atoms with van der Waals surface area (Å²) in [6.45, 7) is 0. The van der Waals surface area contributed by atoms with Crippen molar-refractivity contribution in [3.63, 3.8) is 0 Å². The molecular formula is C47H30N4S. The predicted octanol–water partition coefficient (Wildman–Crippen LogP) is 12.8. The van der Waals surface area contributed by atoms with Gasteiger partial charge in [-0.05, 0) is 75.1 Å². The van der Waals surface area contributed by atoms with Crippen LogP contribution >= 0.6 is 11.3 Å². The molecule has 0 bridgehead atoms. The van der Waals surface area contributed by atoms with E-state index in [1.807, 2.05) is 77.8 Å². The number of amidine groups is 1. The molecule has 0 unspecified atom stereocenters. The third-order valence-electron chi connectivity index (χ3n) is 9.94. The summed E-state index contributed by atoms with van der Waals surface area (Å²) < 4.78 is 1.14. The summed E-state index contributed by atoms with van der Waals surface area (Å²) in [5.41, 5.74) is 8.12. The van der Waals surface area contributed by atoms with Gasteiger partial charge >= 0.3 is 0 Å². The van der Waals surface area contributed by atoms with Gasteiger partial charge in [-0.15, -0.1) is 11.3 Å². The Balaban J connectivity index is 1.14. The van der Waals surface area contributed by atoms with Gasteiger partial charge in [-0.3, -0.25) is 15.3 Å². The van der Waals surface area contributed by atoms with Crippen LogP contribution in [0.5, 0.6) is 0 Å². The lowest BCUT2D eigenvalue weighted by Gasteiger charge is -2.26. The number of aromatic nitrogens is 2. The molecule has 1 N–H and O–H groups in total. The van der Waals surface area contributed by atoms with Crippen LogP contribution in [0.2, 0.25) is 0 Å². The summed E-state index contributed by atoms with van der Waals surface area (Å²) >= 11 is 1.70. The molecule has 4 nitrogen and oxygen atoms in total. The zero-order valence-corrected chi connectivity index (χ0v) is 28.8. The normalized spacial score (nSPS) is 11.5. The Morgan fingerprint density at radius 2 is 1.10 bits per heavy atom. The van der Waals surface area contributed by atoms with E-state index in [4.69, 9.17) is 9.97 Å². The van der Waals surface area contributed by atoms with Crippen molar-refractivity contribution >= 4 is 81.3 Å². The molecular weight excluding hydrogens is 653 g/mol. The van der Waals surface area contributed by atoms with E-state index in [9.17, 15) is 5.41 Å². The summed E-state index contributed by atoms with van der Waals surface area (Å²) in [6.07, 6.45) is 2.02. The summed E-state index contributed by atoms with van der Waals surface area (Å²) in [5, 5.41) is 17.4. The standard InChI is InChI=1S/C47H30N4S/c48-46(31-13-3-1-4-14-31)51(33-16-5-2-6-17-33)34-25-23-30(24-26-34)44-35-18-8-10-20-37(35)45(38-21-11-9-19-36(38)44)42-28-39-40-27-32-15-7-12-22-41(32)50-47(40)52-43(39)29-49-42/h1-29,48H. The fourth-order valence-corrected chi connectivity index (χ4v) is 8.56. The maximum Gasteiger partial charge on any atom is 0.137 e. The fraction of sp³-hybridized carbons (Fsp3) is 0. The average molecular weight is 683 g/mol. The number of nitrogens with one attached hydrogen (secondary N) is 1. The molecule has 0 saturated carbocycles. The quantitative estimate of drug-likeness (QED) is 0.112. The molecule has 0 atom stereocenters. The molecule has 0 aliphatic carbocycles. The smallest absolute Gasteiger partial charge is 0.137 e. The van der Waals surface area contributed by atoms with Gasteiger partial charge in [0.2, 0.25) is 0 Å². The number of fused-ring (bicyclic) bond motifs is 6. The van der Waals surface area contributed by atoms with Gasteiger partial charge in [0.25, 0.3) is 0 Å². The highest BCUT2D eigenvalue weighted by Crippen LogP contribution is 2.45. The number of para-hydroxylation sites is 2. The lowest BCUT2D eigenvalue weighted by atomic mass is 9.87. The zero-order chi connectivity index (χ0) is 34.6. The van der Waals surface area contributed by atoms with Crippen molar-refractivity contribution < 1.29 is 0 Å². The number of hydrogen-bond acceptors (Lipinski definition) is 4. The van der Waals surface area contributed by atoms with Gasteiger partial charge in [-0.1, -0.05) is 127 Å². The molecule has 3 aromatic heterocycles. The van der Waals surface area contributed by atoms with Crippen molar-refractivity contribution in [1.29, 1.82) is 5.41 Å². The van der Waals surface area contributed by atoms with E-state index in [2.05, 4.69) is 103 Å². The van der Waals surface area contributed by atoms with Gasteiger partial charge < -0.3 is 0 Å². The van der Waals surface area contributed by atoms with Gasteiger partial charge in [0.15, 0.2) is 0 Å². The van der Waals surface area contributed by atoms with E-state index in [-0.39, 0.29) is 0 Å². The van der Waals surface area contributed by atoms with E-state index in [0.717, 1.165) is 70.4 Å². The maximum absolute atomic E-state index is 9.24. The van der Waals surface area contributed by atoms with Crippen molar-refractivity contribution in [2.45, 2.75) is 0 Å². The first-order valence-electron chi connectivity index (χ1n) is 17.3. The van der Waals surface area contributed by atoms with E-state index in [0.29, 0.717) is 5.84 Å². The molecule has 244 valence electrons. The maximum atomic E-state index is 9.24. The second-order valence-corrected chi connectivity index (χ2v) is 14.0. The van der Waals surface area contributed by atoms with Crippen LogP contribution in [0.25, 0.3) is 75.1 Å². The SMILES string of the molecule is N=C(c1ccccc1)N(c1ccccc1)c1ccc(-c2c3ccccc3c(-c3cc4c(cn3)sc3nc5ccccc5cc34)c3ccccc23)cc1. The Kier molecular flexibility index (Phi) is 7.12. The topological polar surface area (TPSA) is 52.9 Å². The molecule has 0 spiro atoms. The van der Waals surface area contributed by atoms with Crippen molar-refractivity contribution in [2.24, 2.45) is 0 Å². The largest absolute Gasteiger partial charge is 0.295 e. The molecule has 10 aromatic rings. The zero-order valence-electron chi connectivity index (χ0n) is 28.0. The minimum atomic E-state index is 0.423. The van der Waals surface area contributed by atoms with E-state index in [1.165, 1.54) is 21.7 Å². The Morgan fingerprint density at radius 1 is 0.519 bits per heavy atom. The van der Waals surface area contributed by atoms with E-state index in [1.54, 1.807) is 11.3 Å². The summed E-state index contributed by atoms with van der Waals surface area (Å²) in [6, 6.07) is 58.9. The summed E-state index contributed by atoms with van der Waals surface area (Å²) in [5.74, 6) is 0.423. The third kappa shape index (κ3) is 4.94. The average Bonchev–Trinajstić information content (AvgIpc) is 3.56. The van der Waals surface area contributed by atoms with Crippen LogP contribution in [0.15, 0.2) is 176 Å². The molecule has 0 radical (unpaired) electrons. The van der Waals surface area contributed by atoms with E-state index >= 15 is 0 Å². The highest BCUT2D eigenvalue weighted by atomic mass is 32.1. The van der Waals surface area contributed by atoms with Crippen molar-refractivity contribution in [3.05, 3.63) is 182 Å². The van der Waals surface area contributed by atoms with Crippen LogP contribution < -0.4 is 4.90 Å². The second kappa shape index (κ2) is 12.3. The fourth-order valence-electron chi connectivity index (χ4n) is 7.55. The molecule has 5 heteroatoms. The Morgan fingerprint density at radius 3 is 1.79 bits per heavy atom. The summed E-state index contributed by atoms with van der Waals surface area (Å²) in [7, 11) is 0. The molecule has 0 fully saturated rings. The number of anilines is 2. The molecule has 7 aromatic carbocycles. The van der Waals surface area contributed by atoms with E-state index < -0.39 is 0 Å². The first kappa shape index (κ1) is 30.2. The van der Waals surface area contributed by atoms with Gasteiger partial charge in [-0.25, -0.2) is 4.98 Å². The first-order valence-corrected chi connectivity index (χ1v) is 18.1. The van der Waals surface area contributed by atoms with Crippen molar-refractivity contribution in [2.75, 3.05) is 4.90 Å². The minimum Gasteiger partial charge on any atom is -0.295 e. The molecule has 10 rings (SSSR count). The molecule has 0 amide bonds. The first-order chi connectivity index (χ1) is 25.7. The van der Waals surface area contributed by atoms with Gasteiger partial charge in [0.05, 0.1) is 15.9 Å². The highest BCUT2D eigenvalue weighted by molar-refractivity contribution is 7.25. The van der Waals surface area contributed by atoms with Gasteiger partial charge in [0.1, 0.15) is 10.7 Å². The van der Waals surface area contributed by atoms with Crippen LogP contribution in [0.3, 0.4) is 0 Å². The molecule has 52 heavy (non-hydrogen) atoms. The van der Waals surface area contributed by atoms with Gasteiger partial charge in [0, 0.05) is 44.9 Å². The number of nitrogens with zero attached hydrogens (tertiary/aromatic N) is 3. The lowest BCUT2D eigenvalue weighted by Crippen LogP contribution is -2.25. The second-order valence-electron chi connectivity index (χ2n) is 13.0. The van der Waals surface area contributed by atoms with Crippen molar-refractivity contribution in [1.82, 2.24) is 9.97 Å². The van der Waals surface area contributed by atoms with Crippen LogP contribution in [0, 0.1) is 5.41 Å². The lowest BCUT2D eigenvalue weighted by molar-refractivity contribution is 1.28. The number of thiophene rings is 1. The highest BCUT2D eigenvalue weighted by Gasteiger charge is 2.20. The molecule has 0 aliphatic rings. The number of pyridine rings is 2. The monoisotopic (exact) mass is 682 g/mol. The Hall–Kier alpha value is -6.69. The number of benzene rings is 7. The molecule has 3 heterocycles. The van der Waals surface area contributed by atoms with Crippen molar-refractivity contribution in [3.8, 4) is 22.4 Å². The number of hydrogen-bond donors (Lipinski definition) is 1. The Labute approximate surface area is 304 Å². The van der Waals surface area contributed by atoms with Crippen LogP contribution in [-0.2, 0) is 0 Å². The van der Waals surface area contributed by atoms with Crippen LogP contribution in [0.1, 0.15) is 5.56 Å². The van der Waals surface area contributed by atoms with Crippen LogP contribution in [-0.4, -0.2) is 15.8 Å². The molecule has 0 aliphatic heterocycles. The van der Waals surface area contributed by atoms with Crippen LogP contribution in [0.4, 0.5) is 11.4 Å². The predicted molar refractivity (Wildman–Crippen MR) is 220 cm³/mol. The summed E-state index contributed by atoms with van der Waals surface area (Å²) in [4.78, 5) is 13.1.